The van der Waals surface area contributed by atoms with E-state index in [0.717, 1.165) is 22.6 Å². The summed E-state index contributed by atoms with van der Waals surface area (Å²) in [7, 11) is 0. The summed E-state index contributed by atoms with van der Waals surface area (Å²) >= 11 is 5.11. The number of hydrogen-bond donors (Lipinski definition) is 1. The number of hydrogen-bond acceptors (Lipinski definition) is 2. The lowest BCUT2D eigenvalue weighted by molar-refractivity contribution is 1.06. The fraction of sp³-hybridized carbons (Fsp3) is 0.176. The summed E-state index contributed by atoms with van der Waals surface area (Å²) in [6.45, 7) is 4.14. The zero-order chi connectivity index (χ0) is 15.0. The van der Waals surface area contributed by atoms with Gasteiger partial charge in [0, 0.05) is 18.2 Å². The lowest BCUT2D eigenvalue weighted by Gasteiger charge is -2.05. The standard InChI is InChI=1S/C17H17N3S/c1-11-3-6-13(7-4-11)17-14(9-15(18)21)20-10-12(2)5-8-16(20)19-17/h3-8,10H,9H2,1-2H3,(H2,18,21). The molecule has 2 heterocycles. The van der Waals surface area contributed by atoms with Gasteiger partial charge in [-0.1, -0.05) is 48.1 Å². The van der Waals surface area contributed by atoms with Crippen LogP contribution in [0.15, 0.2) is 42.6 Å². The minimum absolute atomic E-state index is 0.478. The first-order valence-electron chi connectivity index (χ1n) is 6.87. The van der Waals surface area contributed by atoms with E-state index in [0.29, 0.717) is 11.4 Å². The molecule has 4 heteroatoms. The second-order valence-corrected chi connectivity index (χ2v) is 5.88. The Balaban J connectivity index is 2.25. The van der Waals surface area contributed by atoms with E-state index in [9.17, 15) is 0 Å². The lowest BCUT2D eigenvalue weighted by Crippen LogP contribution is -2.13. The quantitative estimate of drug-likeness (QED) is 0.753. The molecule has 0 atom stereocenters. The van der Waals surface area contributed by atoms with Crippen molar-refractivity contribution in [3.05, 3.63) is 59.4 Å². The predicted octanol–water partition coefficient (Wildman–Crippen LogP) is 3.45. The molecule has 3 aromatic rings. The van der Waals surface area contributed by atoms with Crippen molar-refractivity contribution in [2.75, 3.05) is 0 Å². The molecule has 106 valence electrons. The van der Waals surface area contributed by atoms with Crippen LogP contribution >= 0.6 is 12.2 Å². The molecule has 0 amide bonds. The highest BCUT2D eigenvalue weighted by Gasteiger charge is 2.14. The monoisotopic (exact) mass is 295 g/mol. The summed E-state index contributed by atoms with van der Waals surface area (Å²) < 4.78 is 2.09. The highest BCUT2D eigenvalue weighted by Crippen LogP contribution is 2.25. The third kappa shape index (κ3) is 2.67. The maximum absolute atomic E-state index is 5.77. The molecule has 0 aliphatic rings. The Kier molecular flexibility index (Phi) is 3.47. The van der Waals surface area contributed by atoms with E-state index in [4.69, 9.17) is 22.9 Å². The number of fused-ring (bicyclic) bond motifs is 1. The maximum atomic E-state index is 5.77. The molecular formula is C17H17N3S. The van der Waals surface area contributed by atoms with Crippen molar-refractivity contribution in [1.29, 1.82) is 0 Å². The Morgan fingerprint density at radius 1 is 1.10 bits per heavy atom. The number of aryl methyl sites for hydroxylation is 2. The molecule has 0 fully saturated rings. The van der Waals surface area contributed by atoms with Crippen LogP contribution in [0.2, 0.25) is 0 Å². The molecule has 3 nitrogen and oxygen atoms in total. The van der Waals surface area contributed by atoms with Gasteiger partial charge in [0.05, 0.1) is 16.4 Å². The maximum Gasteiger partial charge on any atom is 0.137 e. The number of imidazole rings is 1. The molecule has 1 aromatic carbocycles. The fourth-order valence-corrected chi connectivity index (χ4v) is 2.61. The van der Waals surface area contributed by atoms with Gasteiger partial charge in [-0.05, 0) is 25.5 Å². The van der Waals surface area contributed by atoms with Crippen LogP contribution < -0.4 is 5.73 Å². The van der Waals surface area contributed by atoms with E-state index in [2.05, 4.69) is 54.8 Å². The van der Waals surface area contributed by atoms with E-state index in [-0.39, 0.29) is 0 Å². The Hall–Kier alpha value is -2.20. The Bertz CT molecular complexity index is 816. The molecule has 0 radical (unpaired) electrons. The number of nitrogens with zero attached hydrogens (tertiary/aromatic N) is 2. The second-order valence-electron chi connectivity index (χ2n) is 5.35. The Morgan fingerprint density at radius 3 is 2.43 bits per heavy atom. The van der Waals surface area contributed by atoms with Gasteiger partial charge in [0.15, 0.2) is 0 Å². The minimum atomic E-state index is 0.478. The van der Waals surface area contributed by atoms with Crippen LogP contribution in [0, 0.1) is 13.8 Å². The Morgan fingerprint density at radius 2 is 1.76 bits per heavy atom. The highest BCUT2D eigenvalue weighted by atomic mass is 32.1. The second kappa shape index (κ2) is 5.30. The van der Waals surface area contributed by atoms with E-state index in [1.807, 2.05) is 6.07 Å². The number of aromatic nitrogens is 2. The van der Waals surface area contributed by atoms with E-state index >= 15 is 0 Å². The number of nitrogens with two attached hydrogens (primary N) is 1. The molecule has 2 aromatic heterocycles. The summed E-state index contributed by atoms with van der Waals surface area (Å²) in [5, 5.41) is 0. The topological polar surface area (TPSA) is 43.3 Å². The number of pyridine rings is 1. The van der Waals surface area contributed by atoms with Gasteiger partial charge in [-0.2, -0.15) is 0 Å². The van der Waals surface area contributed by atoms with E-state index in [1.54, 1.807) is 0 Å². The Labute approximate surface area is 129 Å². The zero-order valence-electron chi connectivity index (χ0n) is 12.1. The fourth-order valence-electron chi connectivity index (χ4n) is 2.48. The third-order valence-electron chi connectivity index (χ3n) is 3.53. The van der Waals surface area contributed by atoms with Gasteiger partial charge in [0.2, 0.25) is 0 Å². The van der Waals surface area contributed by atoms with Crippen LogP contribution in [0.1, 0.15) is 16.8 Å². The third-order valence-corrected chi connectivity index (χ3v) is 3.68. The van der Waals surface area contributed by atoms with Crippen molar-refractivity contribution in [3.8, 4) is 11.3 Å². The molecule has 0 aliphatic heterocycles. The van der Waals surface area contributed by atoms with Crippen molar-refractivity contribution < 1.29 is 0 Å². The average molecular weight is 295 g/mol. The van der Waals surface area contributed by atoms with Gasteiger partial charge < -0.3 is 10.1 Å². The van der Waals surface area contributed by atoms with Gasteiger partial charge >= 0.3 is 0 Å². The highest BCUT2D eigenvalue weighted by molar-refractivity contribution is 7.80. The summed E-state index contributed by atoms with van der Waals surface area (Å²) in [6, 6.07) is 12.5. The first-order chi connectivity index (χ1) is 10.0. The largest absolute Gasteiger partial charge is 0.393 e. The summed E-state index contributed by atoms with van der Waals surface area (Å²) in [5.74, 6) is 0. The van der Waals surface area contributed by atoms with Crippen LogP contribution in [-0.2, 0) is 6.42 Å². The summed E-state index contributed by atoms with van der Waals surface area (Å²) in [4.78, 5) is 5.23. The smallest absolute Gasteiger partial charge is 0.137 e. The zero-order valence-corrected chi connectivity index (χ0v) is 12.9. The van der Waals surface area contributed by atoms with Crippen molar-refractivity contribution >= 4 is 22.9 Å². The SMILES string of the molecule is Cc1ccc(-c2nc3ccc(C)cn3c2CC(N)=S)cc1. The molecule has 0 aliphatic carbocycles. The molecular weight excluding hydrogens is 278 g/mol. The normalized spacial score (nSPS) is 11.0. The van der Waals surface area contributed by atoms with Crippen molar-refractivity contribution in [3.63, 3.8) is 0 Å². The van der Waals surface area contributed by atoms with Crippen LogP contribution in [0.25, 0.3) is 16.9 Å². The van der Waals surface area contributed by atoms with Gasteiger partial charge in [0.25, 0.3) is 0 Å². The van der Waals surface area contributed by atoms with Crippen molar-refractivity contribution in [1.82, 2.24) is 9.38 Å². The van der Waals surface area contributed by atoms with Gasteiger partial charge in [0.1, 0.15) is 5.65 Å². The molecule has 0 saturated carbocycles. The molecule has 2 N–H and O–H groups in total. The molecule has 0 spiro atoms. The van der Waals surface area contributed by atoms with Crippen molar-refractivity contribution in [2.45, 2.75) is 20.3 Å². The van der Waals surface area contributed by atoms with Crippen LogP contribution in [0.5, 0.6) is 0 Å². The molecule has 0 bridgehead atoms. The number of rotatable bonds is 3. The van der Waals surface area contributed by atoms with Crippen LogP contribution in [-0.4, -0.2) is 14.4 Å². The molecule has 21 heavy (non-hydrogen) atoms. The predicted molar refractivity (Wildman–Crippen MR) is 90.6 cm³/mol. The first-order valence-corrected chi connectivity index (χ1v) is 7.28. The lowest BCUT2D eigenvalue weighted by atomic mass is 10.1. The summed E-state index contributed by atoms with van der Waals surface area (Å²) in [5.41, 5.74) is 12.2. The van der Waals surface area contributed by atoms with Gasteiger partial charge in [-0.15, -0.1) is 0 Å². The molecule has 0 unspecified atom stereocenters. The minimum Gasteiger partial charge on any atom is -0.393 e. The van der Waals surface area contributed by atoms with Crippen molar-refractivity contribution in [2.24, 2.45) is 5.73 Å². The van der Waals surface area contributed by atoms with E-state index < -0.39 is 0 Å². The summed E-state index contributed by atoms with van der Waals surface area (Å²) in [6.07, 6.45) is 2.62. The van der Waals surface area contributed by atoms with E-state index in [1.165, 1.54) is 11.1 Å². The average Bonchev–Trinajstić information content (AvgIpc) is 2.77. The van der Waals surface area contributed by atoms with Gasteiger partial charge in [-0.3, -0.25) is 0 Å². The number of thiocarbonyl (C=S) groups is 1. The van der Waals surface area contributed by atoms with Gasteiger partial charge in [-0.25, -0.2) is 4.98 Å². The van der Waals surface area contributed by atoms with Crippen LogP contribution in [0.3, 0.4) is 0 Å². The van der Waals surface area contributed by atoms with Crippen LogP contribution in [0.4, 0.5) is 0 Å². The number of benzene rings is 1. The molecule has 3 rings (SSSR count). The first kappa shape index (κ1) is 13.8. The molecule has 0 saturated heterocycles.